The molecule has 1 aliphatic rings. The molecular formula is C16H20ClNO5. The van der Waals surface area contributed by atoms with Crippen molar-refractivity contribution in [2.24, 2.45) is 5.92 Å². The van der Waals surface area contributed by atoms with Crippen molar-refractivity contribution in [2.45, 2.75) is 31.7 Å². The first kappa shape index (κ1) is 17.4. The summed E-state index contributed by atoms with van der Waals surface area (Å²) in [5.74, 6) is -0.556. The van der Waals surface area contributed by atoms with Crippen LogP contribution in [0.1, 0.15) is 36.0 Å². The van der Waals surface area contributed by atoms with E-state index in [-0.39, 0.29) is 17.9 Å². The second-order valence-electron chi connectivity index (χ2n) is 5.55. The molecule has 0 saturated heterocycles. The molecule has 1 aromatic rings. The van der Waals surface area contributed by atoms with E-state index in [2.05, 4.69) is 5.32 Å². The maximum absolute atomic E-state index is 12.4. The summed E-state index contributed by atoms with van der Waals surface area (Å²) in [6, 6.07) is 3.08. The zero-order valence-electron chi connectivity index (χ0n) is 13.1. The Kier molecular flexibility index (Phi) is 5.71. The predicted octanol–water partition coefficient (Wildman–Crippen LogP) is 2.73. The van der Waals surface area contributed by atoms with E-state index < -0.39 is 5.97 Å². The second kappa shape index (κ2) is 7.55. The summed E-state index contributed by atoms with van der Waals surface area (Å²) in [5, 5.41) is 12.2. The SMILES string of the molecule is COc1cc(C(=O)NC2CCC(C(=O)O)CC2)cc(Cl)c1OC. The molecule has 2 rings (SSSR count). The number of carboxylic acid groups (broad SMARTS) is 1. The molecule has 0 bridgehead atoms. The summed E-state index contributed by atoms with van der Waals surface area (Å²) >= 11 is 6.10. The lowest BCUT2D eigenvalue weighted by Gasteiger charge is -2.27. The summed E-state index contributed by atoms with van der Waals surface area (Å²) in [6.07, 6.45) is 2.47. The first-order valence-electron chi connectivity index (χ1n) is 7.41. The number of benzene rings is 1. The van der Waals surface area contributed by atoms with Crippen LogP contribution in [0.3, 0.4) is 0 Å². The highest BCUT2D eigenvalue weighted by atomic mass is 35.5. The van der Waals surface area contributed by atoms with Gasteiger partial charge in [-0.05, 0) is 37.8 Å². The lowest BCUT2D eigenvalue weighted by Crippen LogP contribution is -2.38. The number of ether oxygens (including phenoxy) is 2. The Labute approximate surface area is 139 Å². The van der Waals surface area contributed by atoms with Crippen LogP contribution < -0.4 is 14.8 Å². The third-order valence-electron chi connectivity index (χ3n) is 4.11. The first-order chi connectivity index (χ1) is 11.0. The lowest BCUT2D eigenvalue weighted by molar-refractivity contribution is -0.142. The smallest absolute Gasteiger partial charge is 0.306 e. The molecule has 0 aliphatic heterocycles. The molecule has 126 valence electrons. The van der Waals surface area contributed by atoms with Gasteiger partial charge < -0.3 is 19.9 Å². The van der Waals surface area contributed by atoms with Gasteiger partial charge in [0.1, 0.15) is 0 Å². The van der Waals surface area contributed by atoms with Gasteiger partial charge in [0, 0.05) is 11.6 Å². The summed E-state index contributed by atoms with van der Waals surface area (Å²) < 4.78 is 10.3. The molecule has 1 aliphatic carbocycles. The molecule has 1 aromatic carbocycles. The van der Waals surface area contributed by atoms with E-state index in [1.54, 1.807) is 6.07 Å². The van der Waals surface area contributed by atoms with Crippen molar-refractivity contribution in [3.8, 4) is 11.5 Å². The molecule has 6 nitrogen and oxygen atoms in total. The summed E-state index contributed by atoms with van der Waals surface area (Å²) in [5.41, 5.74) is 0.382. The van der Waals surface area contributed by atoms with Crippen LogP contribution in [0.4, 0.5) is 0 Å². The Morgan fingerprint density at radius 1 is 1.17 bits per heavy atom. The van der Waals surface area contributed by atoms with Crippen LogP contribution in [-0.2, 0) is 4.79 Å². The van der Waals surface area contributed by atoms with Gasteiger partial charge in [-0.2, -0.15) is 0 Å². The van der Waals surface area contributed by atoms with Crippen LogP contribution in [0, 0.1) is 5.92 Å². The van der Waals surface area contributed by atoms with E-state index in [1.807, 2.05) is 0 Å². The van der Waals surface area contributed by atoms with Gasteiger partial charge in [0.2, 0.25) is 0 Å². The Bertz CT molecular complexity index is 596. The number of hydrogen-bond donors (Lipinski definition) is 2. The Hall–Kier alpha value is -1.95. The van der Waals surface area contributed by atoms with Gasteiger partial charge in [0.25, 0.3) is 5.91 Å². The molecule has 1 saturated carbocycles. The van der Waals surface area contributed by atoms with Gasteiger partial charge >= 0.3 is 5.97 Å². The maximum Gasteiger partial charge on any atom is 0.306 e. The van der Waals surface area contributed by atoms with Gasteiger partial charge in [-0.3, -0.25) is 9.59 Å². The quantitative estimate of drug-likeness (QED) is 0.860. The van der Waals surface area contributed by atoms with Crippen molar-refractivity contribution in [3.63, 3.8) is 0 Å². The third-order valence-corrected chi connectivity index (χ3v) is 4.39. The number of amides is 1. The van der Waals surface area contributed by atoms with Crippen molar-refractivity contribution < 1.29 is 24.2 Å². The number of halogens is 1. The van der Waals surface area contributed by atoms with E-state index in [0.29, 0.717) is 47.8 Å². The van der Waals surface area contributed by atoms with Gasteiger partial charge in [0.15, 0.2) is 11.5 Å². The topological polar surface area (TPSA) is 84.9 Å². The normalized spacial score (nSPS) is 20.7. The van der Waals surface area contributed by atoms with Gasteiger partial charge in [-0.1, -0.05) is 11.6 Å². The van der Waals surface area contributed by atoms with Crippen LogP contribution in [0.2, 0.25) is 5.02 Å². The van der Waals surface area contributed by atoms with Crippen molar-refractivity contribution in [2.75, 3.05) is 14.2 Å². The third kappa shape index (κ3) is 4.07. The van der Waals surface area contributed by atoms with E-state index in [0.717, 1.165) is 0 Å². The fraction of sp³-hybridized carbons (Fsp3) is 0.500. The highest BCUT2D eigenvalue weighted by Gasteiger charge is 2.27. The standard InChI is InChI=1S/C16H20ClNO5/c1-22-13-8-10(7-12(17)14(13)23-2)15(19)18-11-5-3-9(4-6-11)16(20)21/h7-9,11H,3-6H2,1-2H3,(H,18,19)(H,20,21). The van der Waals surface area contributed by atoms with E-state index in [4.69, 9.17) is 26.2 Å². The molecule has 1 amide bonds. The van der Waals surface area contributed by atoms with Crippen LogP contribution in [0.25, 0.3) is 0 Å². The number of hydrogen-bond acceptors (Lipinski definition) is 4. The molecule has 0 unspecified atom stereocenters. The average molecular weight is 342 g/mol. The molecule has 0 atom stereocenters. The van der Waals surface area contributed by atoms with Crippen molar-refractivity contribution in [1.29, 1.82) is 0 Å². The molecule has 0 aromatic heterocycles. The van der Waals surface area contributed by atoms with Gasteiger partial charge in [-0.25, -0.2) is 0 Å². The van der Waals surface area contributed by atoms with Crippen molar-refractivity contribution in [3.05, 3.63) is 22.7 Å². The summed E-state index contributed by atoms with van der Waals surface area (Å²) in [7, 11) is 2.95. The summed E-state index contributed by atoms with van der Waals surface area (Å²) in [4.78, 5) is 23.3. The lowest BCUT2D eigenvalue weighted by atomic mass is 9.86. The number of nitrogens with one attached hydrogen (secondary N) is 1. The van der Waals surface area contributed by atoms with E-state index in [9.17, 15) is 9.59 Å². The Morgan fingerprint density at radius 3 is 2.35 bits per heavy atom. The molecule has 2 N–H and O–H groups in total. The second-order valence-corrected chi connectivity index (χ2v) is 5.96. The fourth-order valence-electron chi connectivity index (χ4n) is 2.80. The van der Waals surface area contributed by atoms with Gasteiger partial charge in [-0.15, -0.1) is 0 Å². The largest absolute Gasteiger partial charge is 0.493 e. The van der Waals surface area contributed by atoms with Crippen LogP contribution in [0.5, 0.6) is 11.5 Å². The number of aliphatic carboxylic acids is 1. The number of carboxylic acids is 1. The molecule has 0 radical (unpaired) electrons. The maximum atomic E-state index is 12.4. The fourth-order valence-corrected chi connectivity index (χ4v) is 3.09. The average Bonchev–Trinajstić information content (AvgIpc) is 2.54. The first-order valence-corrected chi connectivity index (χ1v) is 7.79. The molecule has 0 heterocycles. The minimum Gasteiger partial charge on any atom is -0.493 e. The van der Waals surface area contributed by atoms with E-state index >= 15 is 0 Å². The number of carbonyl (C=O) groups is 2. The Morgan fingerprint density at radius 2 is 1.83 bits per heavy atom. The molecular weight excluding hydrogens is 322 g/mol. The molecule has 7 heteroatoms. The number of methoxy groups -OCH3 is 2. The zero-order valence-corrected chi connectivity index (χ0v) is 13.9. The van der Waals surface area contributed by atoms with E-state index in [1.165, 1.54) is 20.3 Å². The zero-order chi connectivity index (χ0) is 17.0. The monoisotopic (exact) mass is 341 g/mol. The summed E-state index contributed by atoms with van der Waals surface area (Å²) in [6.45, 7) is 0. The molecule has 1 fully saturated rings. The predicted molar refractivity (Wildman–Crippen MR) is 85.4 cm³/mol. The highest BCUT2D eigenvalue weighted by molar-refractivity contribution is 6.32. The minimum absolute atomic E-state index is 0.0232. The number of rotatable bonds is 5. The molecule has 23 heavy (non-hydrogen) atoms. The van der Waals surface area contributed by atoms with Crippen LogP contribution in [-0.4, -0.2) is 37.2 Å². The van der Waals surface area contributed by atoms with Crippen molar-refractivity contribution in [1.82, 2.24) is 5.32 Å². The number of carbonyl (C=O) groups excluding carboxylic acids is 1. The van der Waals surface area contributed by atoms with Crippen LogP contribution in [0.15, 0.2) is 12.1 Å². The minimum atomic E-state index is -0.763. The van der Waals surface area contributed by atoms with Gasteiger partial charge in [0.05, 0.1) is 25.2 Å². The molecule has 0 spiro atoms. The Balaban J connectivity index is 2.04. The highest BCUT2D eigenvalue weighted by Crippen LogP contribution is 2.36. The van der Waals surface area contributed by atoms with Crippen LogP contribution >= 0.6 is 11.6 Å². The van der Waals surface area contributed by atoms with Crippen molar-refractivity contribution >= 4 is 23.5 Å².